The number of hydrogen-bond acceptors (Lipinski definition) is 5. The number of methoxy groups -OCH3 is 1. The normalized spacial score (nSPS) is 11.8. The Labute approximate surface area is 104 Å². The van der Waals surface area contributed by atoms with E-state index in [2.05, 4.69) is 25.8 Å². The van der Waals surface area contributed by atoms with Crippen LogP contribution in [0.5, 0.6) is 0 Å². The van der Waals surface area contributed by atoms with Gasteiger partial charge in [-0.2, -0.15) is 0 Å². The van der Waals surface area contributed by atoms with E-state index in [-0.39, 0.29) is 5.41 Å². The summed E-state index contributed by atoms with van der Waals surface area (Å²) in [6, 6.07) is 1.82. The highest BCUT2D eigenvalue weighted by atomic mass is 32.1. The van der Waals surface area contributed by atoms with Gasteiger partial charge in [-0.15, -0.1) is 11.3 Å². The fourth-order valence-corrected chi connectivity index (χ4v) is 2.26. The SMILES string of the molecule is COC(=O)c1sc(C(C)(C)C)cc1N=CNO. The van der Waals surface area contributed by atoms with E-state index in [9.17, 15) is 4.79 Å². The molecule has 5 nitrogen and oxygen atoms in total. The van der Waals surface area contributed by atoms with Crippen molar-refractivity contribution in [1.82, 2.24) is 5.48 Å². The summed E-state index contributed by atoms with van der Waals surface area (Å²) in [5.41, 5.74) is 2.24. The van der Waals surface area contributed by atoms with Crippen LogP contribution in [-0.2, 0) is 10.2 Å². The van der Waals surface area contributed by atoms with Crippen molar-refractivity contribution in [2.75, 3.05) is 7.11 Å². The van der Waals surface area contributed by atoms with Gasteiger partial charge in [0, 0.05) is 4.88 Å². The predicted octanol–water partition coefficient (Wildman–Crippen LogP) is 2.47. The smallest absolute Gasteiger partial charge is 0.350 e. The summed E-state index contributed by atoms with van der Waals surface area (Å²) in [4.78, 5) is 17.0. The number of nitrogens with zero attached hydrogens (tertiary/aromatic N) is 1. The van der Waals surface area contributed by atoms with Crippen LogP contribution in [0.4, 0.5) is 5.69 Å². The second kappa shape index (κ2) is 5.29. The molecular formula is C11H16N2O3S. The number of esters is 1. The fraction of sp³-hybridized carbons (Fsp3) is 0.455. The maximum atomic E-state index is 11.6. The van der Waals surface area contributed by atoms with Gasteiger partial charge in [0.05, 0.1) is 12.8 Å². The van der Waals surface area contributed by atoms with Crippen LogP contribution in [0.25, 0.3) is 0 Å². The van der Waals surface area contributed by atoms with Crippen molar-refractivity contribution in [1.29, 1.82) is 0 Å². The Bertz CT molecular complexity index is 432. The Morgan fingerprint density at radius 3 is 2.71 bits per heavy atom. The molecule has 0 saturated heterocycles. The first-order valence-corrected chi connectivity index (χ1v) is 5.86. The summed E-state index contributed by atoms with van der Waals surface area (Å²) in [6.07, 6.45) is 1.11. The monoisotopic (exact) mass is 256 g/mol. The molecule has 94 valence electrons. The Morgan fingerprint density at radius 2 is 2.24 bits per heavy atom. The molecule has 0 amide bonds. The lowest BCUT2D eigenvalue weighted by atomic mass is 9.95. The standard InChI is InChI=1S/C11H16N2O3S/c1-11(2,3)8-5-7(12-6-13-15)9(17-8)10(14)16-4/h5-6,15H,1-4H3,(H,12,13). The zero-order valence-electron chi connectivity index (χ0n) is 10.3. The molecule has 0 radical (unpaired) electrons. The van der Waals surface area contributed by atoms with Crippen molar-refractivity contribution in [2.24, 2.45) is 4.99 Å². The molecule has 17 heavy (non-hydrogen) atoms. The topological polar surface area (TPSA) is 70.9 Å². The van der Waals surface area contributed by atoms with Gasteiger partial charge in [0.1, 0.15) is 11.2 Å². The van der Waals surface area contributed by atoms with E-state index in [0.717, 1.165) is 11.2 Å². The molecule has 0 bridgehead atoms. The quantitative estimate of drug-likeness (QED) is 0.377. The van der Waals surface area contributed by atoms with Gasteiger partial charge in [0.2, 0.25) is 0 Å². The van der Waals surface area contributed by atoms with E-state index < -0.39 is 5.97 Å². The fourth-order valence-electron chi connectivity index (χ4n) is 1.18. The van der Waals surface area contributed by atoms with Crippen LogP contribution in [-0.4, -0.2) is 24.6 Å². The van der Waals surface area contributed by atoms with E-state index in [1.54, 1.807) is 0 Å². The summed E-state index contributed by atoms with van der Waals surface area (Å²) in [7, 11) is 1.33. The van der Waals surface area contributed by atoms with E-state index in [4.69, 9.17) is 9.94 Å². The Morgan fingerprint density at radius 1 is 1.59 bits per heavy atom. The highest BCUT2D eigenvalue weighted by Gasteiger charge is 2.23. The maximum Gasteiger partial charge on any atom is 0.350 e. The molecule has 1 aromatic heterocycles. The molecule has 1 rings (SSSR count). The molecule has 0 aliphatic heterocycles. The molecule has 1 aromatic rings. The van der Waals surface area contributed by atoms with Crippen LogP contribution in [0, 0.1) is 0 Å². The Kier molecular flexibility index (Phi) is 4.25. The van der Waals surface area contributed by atoms with Crippen molar-refractivity contribution < 1.29 is 14.7 Å². The van der Waals surface area contributed by atoms with Crippen LogP contribution in [0.3, 0.4) is 0 Å². The van der Waals surface area contributed by atoms with E-state index in [0.29, 0.717) is 10.6 Å². The van der Waals surface area contributed by atoms with Crippen LogP contribution in [0.2, 0.25) is 0 Å². The lowest BCUT2D eigenvalue weighted by Crippen LogP contribution is -2.08. The summed E-state index contributed by atoms with van der Waals surface area (Å²) in [5, 5.41) is 8.47. The molecule has 0 spiro atoms. The largest absolute Gasteiger partial charge is 0.465 e. The molecule has 0 saturated carbocycles. The number of thiophene rings is 1. The molecule has 1 heterocycles. The Balaban J connectivity index is 3.21. The van der Waals surface area contributed by atoms with Gasteiger partial charge >= 0.3 is 5.97 Å². The zero-order valence-corrected chi connectivity index (χ0v) is 11.1. The molecule has 6 heteroatoms. The van der Waals surface area contributed by atoms with Gasteiger partial charge < -0.3 is 4.74 Å². The molecule has 0 fully saturated rings. The maximum absolute atomic E-state index is 11.6. The molecular weight excluding hydrogens is 240 g/mol. The van der Waals surface area contributed by atoms with Crippen LogP contribution >= 0.6 is 11.3 Å². The lowest BCUT2D eigenvalue weighted by Gasteiger charge is -2.14. The average molecular weight is 256 g/mol. The summed E-state index contributed by atoms with van der Waals surface area (Å²) in [5.74, 6) is -0.421. The van der Waals surface area contributed by atoms with Crippen LogP contribution in [0.1, 0.15) is 35.3 Å². The second-order valence-corrected chi connectivity index (χ2v) is 5.51. The number of hydrogen-bond donors (Lipinski definition) is 2. The number of carbonyl (C=O) groups excluding carboxylic acids is 1. The van der Waals surface area contributed by atoms with Crippen molar-refractivity contribution in [3.05, 3.63) is 15.8 Å². The minimum atomic E-state index is -0.421. The minimum absolute atomic E-state index is 0.0617. The molecule has 0 aromatic carbocycles. The van der Waals surface area contributed by atoms with Crippen LogP contribution in [0.15, 0.2) is 11.1 Å². The summed E-state index contributed by atoms with van der Waals surface area (Å²) >= 11 is 1.35. The van der Waals surface area contributed by atoms with Crippen molar-refractivity contribution in [2.45, 2.75) is 26.2 Å². The first-order valence-electron chi connectivity index (χ1n) is 5.05. The van der Waals surface area contributed by atoms with Gasteiger partial charge in [-0.1, -0.05) is 20.8 Å². The number of ether oxygens (including phenoxy) is 1. The van der Waals surface area contributed by atoms with Gasteiger partial charge in [0.25, 0.3) is 0 Å². The first kappa shape index (κ1) is 13.7. The summed E-state index contributed by atoms with van der Waals surface area (Å²) in [6.45, 7) is 6.16. The molecule has 0 aliphatic rings. The molecule has 0 unspecified atom stereocenters. The minimum Gasteiger partial charge on any atom is -0.465 e. The predicted molar refractivity (Wildman–Crippen MR) is 67.4 cm³/mol. The highest BCUT2D eigenvalue weighted by Crippen LogP contribution is 2.37. The van der Waals surface area contributed by atoms with Gasteiger partial charge in [-0.3, -0.25) is 10.7 Å². The van der Waals surface area contributed by atoms with E-state index >= 15 is 0 Å². The van der Waals surface area contributed by atoms with Gasteiger partial charge in [-0.05, 0) is 11.5 Å². The Hall–Kier alpha value is -1.40. The average Bonchev–Trinajstić information content (AvgIpc) is 2.68. The van der Waals surface area contributed by atoms with Crippen molar-refractivity contribution in [3.8, 4) is 0 Å². The number of nitrogens with one attached hydrogen (secondary N) is 1. The molecule has 0 aliphatic carbocycles. The molecule has 0 atom stereocenters. The van der Waals surface area contributed by atoms with Crippen molar-refractivity contribution >= 4 is 29.3 Å². The molecule has 2 N–H and O–H groups in total. The van der Waals surface area contributed by atoms with Crippen LogP contribution < -0.4 is 5.48 Å². The number of aliphatic imine (C=N–C) groups is 1. The number of carbonyl (C=O) groups is 1. The highest BCUT2D eigenvalue weighted by molar-refractivity contribution is 7.14. The summed E-state index contributed by atoms with van der Waals surface area (Å²) < 4.78 is 4.70. The van der Waals surface area contributed by atoms with Gasteiger partial charge in [-0.25, -0.2) is 9.79 Å². The first-order chi connectivity index (χ1) is 7.90. The lowest BCUT2D eigenvalue weighted by molar-refractivity contribution is 0.0607. The van der Waals surface area contributed by atoms with E-state index in [1.807, 2.05) is 11.5 Å². The second-order valence-electron chi connectivity index (χ2n) is 4.45. The van der Waals surface area contributed by atoms with Crippen molar-refractivity contribution in [3.63, 3.8) is 0 Å². The third kappa shape index (κ3) is 3.28. The van der Waals surface area contributed by atoms with E-state index in [1.165, 1.54) is 18.4 Å². The van der Waals surface area contributed by atoms with Gasteiger partial charge in [0.15, 0.2) is 0 Å². The zero-order chi connectivity index (χ0) is 13.1. The third-order valence-corrected chi connectivity index (χ3v) is 3.61. The number of hydroxylamine groups is 1. The number of rotatable bonds is 3. The third-order valence-electron chi connectivity index (χ3n) is 2.08.